The zero-order chi connectivity index (χ0) is 19.8. The van der Waals surface area contributed by atoms with Crippen LogP contribution in [0.25, 0.3) is 0 Å². The Labute approximate surface area is 162 Å². The average molecular weight is 383 g/mol. The molecule has 2 aromatic rings. The van der Waals surface area contributed by atoms with Gasteiger partial charge in [0.05, 0.1) is 6.54 Å². The van der Waals surface area contributed by atoms with Crippen LogP contribution in [0.1, 0.15) is 17.5 Å². The first-order valence-corrected chi connectivity index (χ1v) is 8.94. The van der Waals surface area contributed by atoms with Gasteiger partial charge >= 0.3 is 12.1 Å². The molecular weight excluding hydrogens is 362 g/mol. The topological polar surface area (TPSA) is 82.1 Å². The van der Waals surface area contributed by atoms with Gasteiger partial charge in [-0.2, -0.15) is 0 Å². The summed E-state index contributed by atoms with van der Waals surface area (Å²) in [5, 5.41) is 0. The standard InChI is InChI=1S/C21H21NO6/c23-15-28-18-11-19(20(24)26-13-16-7-3-1-4-8-16)22(12-18)21(25)27-14-17-9-5-2-6-10-17/h1-10,15,18-19H,11-14H2/t18-,19-/m0/s1. The van der Waals surface area contributed by atoms with Crippen molar-refractivity contribution in [2.75, 3.05) is 6.54 Å². The first-order valence-electron chi connectivity index (χ1n) is 8.94. The molecule has 0 unspecified atom stereocenters. The monoisotopic (exact) mass is 383 g/mol. The summed E-state index contributed by atoms with van der Waals surface area (Å²) >= 11 is 0. The molecule has 28 heavy (non-hydrogen) atoms. The Balaban J connectivity index is 1.61. The summed E-state index contributed by atoms with van der Waals surface area (Å²) < 4.78 is 15.6. The Morgan fingerprint density at radius 3 is 2.07 bits per heavy atom. The van der Waals surface area contributed by atoms with Crippen LogP contribution in [-0.4, -0.2) is 42.1 Å². The van der Waals surface area contributed by atoms with Gasteiger partial charge in [0.2, 0.25) is 0 Å². The summed E-state index contributed by atoms with van der Waals surface area (Å²) in [6.07, 6.45) is -1.05. The maximum atomic E-state index is 12.5. The van der Waals surface area contributed by atoms with Crippen LogP contribution in [0.15, 0.2) is 60.7 Å². The number of hydrogen-bond acceptors (Lipinski definition) is 6. The van der Waals surface area contributed by atoms with E-state index in [0.717, 1.165) is 11.1 Å². The second kappa shape index (κ2) is 9.55. The third-order valence-electron chi connectivity index (χ3n) is 4.45. The van der Waals surface area contributed by atoms with Gasteiger partial charge in [0, 0.05) is 6.42 Å². The summed E-state index contributed by atoms with van der Waals surface area (Å²) in [4.78, 5) is 37.0. The summed E-state index contributed by atoms with van der Waals surface area (Å²) in [5.74, 6) is -0.558. The van der Waals surface area contributed by atoms with Crippen molar-refractivity contribution in [2.45, 2.75) is 31.8 Å². The van der Waals surface area contributed by atoms with Crippen LogP contribution in [0.3, 0.4) is 0 Å². The highest BCUT2D eigenvalue weighted by atomic mass is 16.6. The van der Waals surface area contributed by atoms with Crippen LogP contribution in [0, 0.1) is 0 Å². The fourth-order valence-electron chi connectivity index (χ4n) is 3.03. The lowest BCUT2D eigenvalue weighted by molar-refractivity contribution is -0.150. The van der Waals surface area contributed by atoms with Crippen molar-refractivity contribution in [2.24, 2.45) is 0 Å². The number of rotatable bonds is 7. The number of hydrogen-bond donors (Lipinski definition) is 0. The highest BCUT2D eigenvalue weighted by Crippen LogP contribution is 2.23. The van der Waals surface area contributed by atoms with Crippen LogP contribution in [-0.2, 0) is 37.0 Å². The third kappa shape index (κ3) is 5.09. The lowest BCUT2D eigenvalue weighted by Crippen LogP contribution is -2.41. The fourth-order valence-corrected chi connectivity index (χ4v) is 3.03. The van der Waals surface area contributed by atoms with E-state index >= 15 is 0 Å². The van der Waals surface area contributed by atoms with E-state index in [0.29, 0.717) is 6.47 Å². The molecule has 0 aliphatic carbocycles. The highest BCUT2D eigenvalue weighted by Gasteiger charge is 2.42. The maximum Gasteiger partial charge on any atom is 0.410 e. The quantitative estimate of drug-likeness (QED) is 0.415. The molecule has 1 aliphatic heterocycles. The normalized spacial score (nSPS) is 18.4. The molecule has 3 rings (SSSR count). The first kappa shape index (κ1) is 19.4. The lowest BCUT2D eigenvalue weighted by Gasteiger charge is -2.22. The van der Waals surface area contributed by atoms with Crippen molar-refractivity contribution in [3.8, 4) is 0 Å². The van der Waals surface area contributed by atoms with Gasteiger partial charge < -0.3 is 14.2 Å². The van der Waals surface area contributed by atoms with Crippen LogP contribution in [0.4, 0.5) is 4.79 Å². The molecule has 1 aliphatic rings. The summed E-state index contributed by atoms with van der Waals surface area (Å²) in [5.41, 5.74) is 1.67. The van der Waals surface area contributed by atoms with Crippen LogP contribution < -0.4 is 0 Å². The molecule has 0 radical (unpaired) electrons. The molecule has 7 heteroatoms. The smallest absolute Gasteiger partial charge is 0.410 e. The van der Waals surface area contributed by atoms with E-state index < -0.39 is 24.2 Å². The number of ether oxygens (including phenoxy) is 3. The highest BCUT2D eigenvalue weighted by molar-refractivity contribution is 5.82. The zero-order valence-electron chi connectivity index (χ0n) is 15.2. The van der Waals surface area contributed by atoms with E-state index in [-0.39, 0.29) is 26.2 Å². The molecule has 1 amide bonds. The van der Waals surface area contributed by atoms with E-state index in [4.69, 9.17) is 14.2 Å². The van der Waals surface area contributed by atoms with E-state index in [9.17, 15) is 14.4 Å². The van der Waals surface area contributed by atoms with Crippen molar-refractivity contribution in [3.05, 3.63) is 71.8 Å². The predicted molar refractivity (Wildman–Crippen MR) is 98.9 cm³/mol. The molecule has 2 atom stereocenters. The van der Waals surface area contributed by atoms with Gasteiger partial charge in [-0.1, -0.05) is 60.7 Å². The fraction of sp³-hybridized carbons (Fsp3) is 0.286. The molecule has 1 saturated heterocycles. The molecule has 0 saturated carbocycles. The maximum absolute atomic E-state index is 12.5. The Bertz CT molecular complexity index is 732. The van der Waals surface area contributed by atoms with Gasteiger partial charge in [-0.3, -0.25) is 9.69 Å². The van der Waals surface area contributed by atoms with Gasteiger partial charge in [-0.25, -0.2) is 9.59 Å². The summed E-state index contributed by atoms with van der Waals surface area (Å²) in [6, 6.07) is 17.6. The number of esters is 1. The molecule has 0 N–H and O–H groups in total. The third-order valence-corrected chi connectivity index (χ3v) is 4.45. The largest absolute Gasteiger partial charge is 0.463 e. The summed E-state index contributed by atoms with van der Waals surface area (Å²) in [6.45, 7) is 0.580. The van der Waals surface area contributed by atoms with E-state index in [1.54, 1.807) is 0 Å². The molecule has 0 spiro atoms. The minimum Gasteiger partial charge on any atom is -0.463 e. The molecule has 0 aromatic heterocycles. The van der Waals surface area contributed by atoms with Gasteiger partial charge in [0.1, 0.15) is 25.4 Å². The molecule has 0 bridgehead atoms. The predicted octanol–water partition coefficient (Wildman–Crippen LogP) is 2.68. The number of carbonyl (C=O) groups excluding carboxylic acids is 3. The average Bonchev–Trinajstić information content (AvgIpc) is 3.16. The van der Waals surface area contributed by atoms with Crippen molar-refractivity contribution >= 4 is 18.5 Å². The molecule has 146 valence electrons. The first-order chi connectivity index (χ1) is 13.7. The van der Waals surface area contributed by atoms with Crippen LogP contribution in [0.2, 0.25) is 0 Å². The van der Waals surface area contributed by atoms with Crippen LogP contribution >= 0.6 is 0 Å². The van der Waals surface area contributed by atoms with E-state index in [1.807, 2.05) is 60.7 Å². The molecule has 7 nitrogen and oxygen atoms in total. The number of carbonyl (C=O) groups is 3. The van der Waals surface area contributed by atoms with Crippen molar-refractivity contribution in [1.29, 1.82) is 0 Å². The van der Waals surface area contributed by atoms with Gasteiger partial charge in [-0.15, -0.1) is 0 Å². The second-order valence-electron chi connectivity index (χ2n) is 6.39. The molecule has 2 aromatic carbocycles. The van der Waals surface area contributed by atoms with E-state index in [1.165, 1.54) is 4.90 Å². The number of amides is 1. The number of benzene rings is 2. The Morgan fingerprint density at radius 1 is 0.929 bits per heavy atom. The van der Waals surface area contributed by atoms with Gasteiger partial charge in [-0.05, 0) is 11.1 Å². The Hall–Kier alpha value is -3.35. The van der Waals surface area contributed by atoms with Crippen molar-refractivity contribution < 1.29 is 28.6 Å². The van der Waals surface area contributed by atoms with Gasteiger partial charge in [0.25, 0.3) is 6.47 Å². The molecular formula is C21H21NO6. The number of nitrogens with zero attached hydrogens (tertiary/aromatic N) is 1. The molecule has 1 heterocycles. The van der Waals surface area contributed by atoms with Crippen molar-refractivity contribution in [3.63, 3.8) is 0 Å². The zero-order valence-corrected chi connectivity index (χ0v) is 15.2. The van der Waals surface area contributed by atoms with Crippen molar-refractivity contribution in [1.82, 2.24) is 4.90 Å². The number of likely N-dealkylation sites (tertiary alicyclic amines) is 1. The Morgan fingerprint density at radius 2 is 1.50 bits per heavy atom. The van der Waals surface area contributed by atoms with E-state index in [2.05, 4.69) is 0 Å². The SMILES string of the molecule is O=CO[C@H]1C[C@@H](C(=O)OCc2ccccc2)N(C(=O)OCc2ccccc2)C1. The summed E-state index contributed by atoms with van der Waals surface area (Å²) in [7, 11) is 0. The second-order valence-corrected chi connectivity index (χ2v) is 6.39. The minimum atomic E-state index is -0.864. The molecule has 1 fully saturated rings. The van der Waals surface area contributed by atoms with Gasteiger partial charge in [0.15, 0.2) is 0 Å². The lowest BCUT2D eigenvalue weighted by atomic mass is 10.2. The van der Waals surface area contributed by atoms with Crippen LogP contribution in [0.5, 0.6) is 0 Å². The Kier molecular flexibility index (Phi) is 6.62. The minimum absolute atomic E-state index is 0.0808.